The number of hydrogen-bond donors (Lipinski definition) is 0. The van der Waals surface area contributed by atoms with Gasteiger partial charge in [0.2, 0.25) is 5.91 Å². The Hall–Kier alpha value is -2.85. The Bertz CT molecular complexity index is 1140. The molecule has 168 valence electrons. The molecule has 1 aliphatic carbocycles. The van der Waals surface area contributed by atoms with Gasteiger partial charge in [0.25, 0.3) is 0 Å². The van der Waals surface area contributed by atoms with Crippen LogP contribution in [0.4, 0.5) is 0 Å². The smallest absolute Gasteiger partial charge is 0.236 e. The molecule has 3 aromatic rings. The third-order valence-electron chi connectivity index (χ3n) is 7.19. The van der Waals surface area contributed by atoms with Crippen molar-refractivity contribution in [1.29, 1.82) is 0 Å². The van der Waals surface area contributed by atoms with Crippen molar-refractivity contribution < 1.29 is 4.79 Å². The summed E-state index contributed by atoms with van der Waals surface area (Å²) in [4.78, 5) is 19.8. The number of hydrogen-bond acceptors (Lipinski definition) is 7. The van der Waals surface area contributed by atoms with Crippen molar-refractivity contribution in [3.05, 3.63) is 35.4 Å². The van der Waals surface area contributed by atoms with E-state index in [9.17, 15) is 4.79 Å². The highest BCUT2D eigenvalue weighted by Crippen LogP contribution is 2.25. The van der Waals surface area contributed by atoms with Crippen LogP contribution >= 0.6 is 0 Å². The number of carbonyl (C=O) groups excluding carboxylic acids is 1. The van der Waals surface area contributed by atoms with E-state index in [2.05, 4.69) is 30.0 Å². The maximum Gasteiger partial charge on any atom is 0.236 e. The van der Waals surface area contributed by atoms with Crippen LogP contribution in [0.1, 0.15) is 36.3 Å². The molecule has 2 aliphatic heterocycles. The van der Waals surface area contributed by atoms with Crippen molar-refractivity contribution in [2.45, 2.75) is 45.2 Å². The molecule has 1 saturated carbocycles. The van der Waals surface area contributed by atoms with Gasteiger partial charge in [-0.25, -0.2) is 4.68 Å². The van der Waals surface area contributed by atoms with E-state index in [1.807, 2.05) is 29.9 Å². The highest BCUT2D eigenvalue weighted by Gasteiger charge is 2.30. The van der Waals surface area contributed by atoms with Gasteiger partial charge in [-0.2, -0.15) is 9.61 Å². The lowest BCUT2D eigenvalue weighted by atomic mass is 9.91. The SMILES string of the molecule is Cc1nnc2ccc(-n3cc4c(n3)CCN(CC(=O)N3CCN(C5CCC5)CC3)C4)nn12. The second-order valence-electron chi connectivity index (χ2n) is 9.22. The van der Waals surface area contributed by atoms with Crippen molar-refractivity contribution in [3.8, 4) is 5.82 Å². The lowest BCUT2D eigenvalue weighted by Crippen LogP contribution is -2.55. The second-order valence-corrected chi connectivity index (χ2v) is 9.22. The Labute approximate surface area is 186 Å². The third kappa shape index (κ3) is 3.57. The van der Waals surface area contributed by atoms with Gasteiger partial charge in [0, 0.05) is 63.5 Å². The number of nitrogens with zero attached hydrogens (tertiary/aromatic N) is 9. The number of aromatic nitrogens is 6. The summed E-state index contributed by atoms with van der Waals surface area (Å²) in [5.41, 5.74) is 2.98. The summed E-state index contributed by atoms with van der Waals surface area (Å²) in [6.45, 7) is 7.75. The van der Waals surface area contributed by atoms with E-state index in [1.54, 1.807) is 4.52 Å². The first kappa shape index (κ1) is 19.8. The van der Waals surface area contributed by atoms with Crippen LogP contribution in [-0.2, 0) is 17.8 Å². The minimum absolute atomic E-state index is 0.254. The minimum atomic E-state index is 0.254. The minimum Gasteiger partial charge on any atom is -0.339 e. The van der Waals surface area contributed by atoms with Crippen LogP contribution < -0.4 is 0 Å². The third-order valence-corrected chi connectivity index (χ3v) is 7.19. The molecule has 3 aromatic heterocycles. The van der Waals surface area contributed by atoms with Gasteiger partial charge in [0.05, 0.1) is 12.2 Å². The maximum atomic E-state index is 12.9. The van der Waals surface area contributed by atoms with E-state index < -0.39 is 0 Å². The number of rotatable bonds is 4. The molecule has 10 heteroatoms. The zero-order valence-electron chi connectivity index (χ0n) is 18.5. The molecule has 0 N–H and O–H groups in total. The number of amides is 1. The summed E-state index contributed by atoms with van der Waals surface area (Å²) >= 11 is 0. The molecule has 3 aliphatic rings. The fourth-order valence-corrected chi connectivity index (χ4v) is 5.01. The van der Waals surface area contributed by atoms with Gasteiger partial charge >= 0.3 is 0 Å². The normalized spacial score (nSPS) is 20.5. The molecule has 2 fully saturated rings. The Morgan fingerprint density at radius 3 is 2.69 bits per heavy atom. The van der Waals surface area contributed by atoms with Gasteiger partial charge in [-0.15, -0.1) is 15.3 Å². The maximum absolute atomic E-state index is 12.9. The Morgan fingerprint density at radius 2 is 1.91 bits per heavy atom. The molecule has 0 unspecified atom stereocenters. The quantitative estimate of drug-likeness (QED) is 0.595. The number of carbonyl (C=O) groups is 1. The summed E-state index contributed by atoms with van der Waals surface area (Å²) in [5, 5.41) is 17.5. The zero-order chi connectivity index (χ0) is 21.7. The number of aryl methyl sites for hydroxylation is 1. The van der Waals surface area contributed by atoms with Crippen LogP contribution in [-0.4, -0.2) is 95.5 Å². The van der Waals surface area contributed by atoms with Gasteiger partial charge in [-0.05, 0) is 31.9 Å². The van der Waals surface area contributed by atoms with Crippen molar-refractivity contribution in [2.24, 2.45) is 0 Å². The van der Waals surface area contributed by atoms with Crippen LogP contribution in [0.2, 0.25) is 0 Å². The first-order valence-electron chi connectivity index (χ1n) is 11.6. The number of fused-ring (bicyclic) bond motifs is 2. The average molecular weight is 436 g/mol. The molecule has 10 nitrogen and oxygen atoms in total. The average Bonchev–Trinajstić information content (AvgIpc) is 3.36. The Balaban J connectivity index is 1.09. The van der Waals surface area contributed by atoms with Crippen molar-refractivity contribution in [2.75, 3.05) is 39.3 Å². The fraction of sp³-hybridized carbons (Fsp3) is 0.591. The van der Waals surface area contributed by atoms with Crippen LogP contribution in [0, 0.1) is 6.92 Å². The van der Waals surface area contributed by atoms with Crippen molar-refractivity contribution in [3.63, 3.8) is 0 Å². The molecule has 1 amide bonds. The van der Waals surface area contributed by atoms with Gasteiger partial charge in [0.15, 0.2) is 17.3 Å². The molecule has 1 saturated heterocycles. The molecule has 6 rings (SSSR count). The molecular formula is C22H29N9O. The Morgan fingerprint density at radius 1 is 1.06 bits per heavy atom. The van der Waals surface area contributed by atoms with E-state index in [-0.39, 0.29) is 5.91 Å². The van der Waals surface area contributed by atoms with Crippen LogP contribution in [0.25, 0.3) is 11.5 Å². The summed E-state index contributed by atoms with van der Waals surface area (Å²) in [5.74, 6) is 1.74. The van der Waals surface area contributed by atoms with E-state index in [0.29, 0.717) is 6.54 Å². The summed E-state index contributed by atoms with van der Waals surface area (Å²) in [6, 6.07) is 4.58. The zero-order valence-corrected chi connectivity index (χ0v) is 18.5. The predicted octanol–water partition coefficient (Wildman–Crippen LogP) is 0.673. The lowest BCUT2D eigenvalue weighted by Gasteiger charge is -2.43. The number of piperazine rings is 1. The molecule has 0 radical (unpaired) electrons. The van der Waals surface area contributed by atoms with Gasteiger partial charge in [0.1, 0.15) is 0 Å². The predicted molar refractivity (Wildman–Crippen MR) is 117 cm³/mol. The first-order valence-corrected chi connectivity index (χ1v) is 11.6. The lowest BCUT2D eigenvalue weighted by molar-refractivity contribution is -0.135. The van der Waals surface area contributed by atoms with E-state index in [0.717, 1.165) is 74.7 Å². The van der Waals surface area contributed by atoms with Crippen molar-refractivity contribution >= 4 is 11.6 Å². The van der Waals surface area contributed by atoms with Gasteiger partial charge in [-0.1, -0.05) is 6.42 Å². The summed E-state index contributed by atoms with van der Waals surface area (Å²) < 4.78 is 3.56. The first-order chi connectivity index (χ1) is 15.6. The largest absolute Gasteiger partial charge is 0.339 e. The molecule has 0 bridgehead atoms. The molecule has 5 heterocycles. The van der Waals surface area contributed by atoms with E-state index >= 15 is 0 Å². The highest BCUT2D eigenvalue weighted by molar-refractivity contribution is 5.78. The fourth-order valence-electron chi connectivity index (χ4n) is 5.01. The van der Waals surface area contributed by atoms with Crippen LogP contribution in [0.15, 0.2) is 18.3 Å². The van der Waals surface area contributed by atoms with E-state index in [4.69, 9.17) is 5.10 Å². The molecular weight excluding hydrogens is 406 g/mol. The van der Waals surface area contributed by atoms with E-state index in [1.165, 1.54) is 24.8 Å². The molecule has 32 heavy (non-hydrogen) atoms. The molecule has 0 aromatic carbocycles. The summed E-state index contributed by atoms with van der Waals surface area (Å²) in [6.07, 6.45) is 6.92. The standard InChI is InChI=1S/C22H29N9O/c1-16-23-24-20-5-6-21(26-31(16)20)30-14-17-13-27(8-7-19(17)25-30)15-22(32)29-11-9-28(10-12-29)18-3-2-4-18/h5-6,14,18H,2-4,7-13,15H2,1H3. The molecule has 0 atom stereocenters. The monoisotopic (exact) mass is 435 g/mol. The van der Waals surface area contributed by atoms with Gasteiger partial charge < -0.3 is 4.90 Å². The van der Waals surface area contributed by atoms with Gasteiger partial charge in [-0.3, -0.25) is 14.6 Å². The van der Waals surface area contributed by atoms with Crippen LogP contribution in [0.5, 0.6) is 0 Å². The summed E-state index contributed by atoms with van der Waals surface area (Å²) in [7, 11) is 0. The molecule has 0 spiro atoms. The topological polar surface area (TPSA) is 87.7 Å². The second kappa shape index (κ2) is 7.93. The Kier molecular flexibility index (Phi) is 4.91. The van der Waals surface area contributed by atoms with Crippen LogP contribution in [0.3, 0.4) is 0 Å². The highest BCUT2D eigenvalue weighted by atomic mass is 16.2. The van der Waals surface area contributed by atoms with Crippen molar-refractivity contribution in [1.82, 2.24) is 44.3 Å².